The average Bonchev–Trinajstić information content (AvgIpc) is 2.74. The van der Waals surface area contributed by atoms with Crippen LogP contribution in [0.3, 0.4) is 0 Å². The van der Waals surface area contributed by atoms with Gasteiger partial charge in [-0.05, 0) is 25.3 Å². The summed E-state index contributed by atoms with van der Waals surface area (Å²) in [5, 5.41) is 0. The molecule has 0 saturated heterocycles. The molecule has 0 radical (unpaired) electrons. The van der Waals surface area contributed by atoms with E-state index in [1.54, 1.807) is 14.2 Å². The van der Waals surface area contributed by atoms with Crippen LogP contribution in [-0.2, 0) is 11.2 Å². The Morgan fingerprint density at radius 2 is 2.11 bits per heavy atom. The summed E-state index contributed by atoms with van der Waals surface area (Å²) in [6.07, 6.45) is 4.27. The van der Waals surface area contributed by atoms with Crippen LogP contribution in [0.4, 0.5) is 0 Å². The minimum absolute atomic E-state index is 0.0159. The van der Waals surface area contributed by atoms with E-state index in [1.807, 2.05) is 12.1 Å². The van der Waals surface area contributed by atoms with Crippen LogP contribution in [0.25, 0.3) is 11.2 Å². The first kappa shape index (κ1) is 11.5. The van der Waals surface area contributed by atoms with E-state index in [0.717, 1.165) is 30.6 Å². The number of ether oxygens (including phenoxy) is 2. The third-order valence-electron chi connectivity index (χ3n) is 3.77. The minimum atomic E-state index is -0.0159. The molecule has 5 nitrogen and oxygen atoms in total. The van der Waals surface area contributed by atoms with Crippen LogP contribution in [0.15, 0.2) is 12.1 Å². The van der Waals surface area contributed by atoms with Crippen LogP contribution in [0.2, 0.25) is 0 Å². The van der Waals surface area contributed by atoms with E-state index in [1.165, 1.54) is 6.42 Å². The molecule has 0 unspecified atom stereocenters. The molecule has 0 bridgehead atoms. The monoisotopic (exact) mass is 247 g/mol. The number of imidazole rings is 1. The molecule has 0 amide bonds. The Morgan fingerprint density at radius 1 is 1.28 bits per heavy atom. The fourth-order valence-electron chi connectivity index (χ4n) is 2.45. The van der Waals surface area contributed by atoms with Gasteiger partial charge in [-0.25, -0.2) is 4.98 Å². The summed E-state index contributed by atoms with van der Waals surface area (Å²) < 4.78 is 10.7. The minimum Gasteiger partial charge on any atom is -0.481 e. The SMILES string of the molecule is COc1ccc2[nH]c(CC3(OC)CCC3)nc2n1. The maximum atomic E-state index is 5.61. The van der Waals surface area contributed by atoms with E-state index in [4.69, 9.17) is 9.47 Å². The van der Waals surface area contributed by atoms with Crippen molar-refractivity contribution in [1.82, 2.24) is 15.0 Å². The summed E-state index contributed by atoms with van der Waals surface area (Å²) in [5.74, 6) is 1.53. The molecule has 1 N–H and O–H groups in total. The quantitative estimate of drug-likeness (QED) is 0.898. The highest BCUT2D eigenvalue weighted by Crippen LogP contribution is 2.37. The lowest BCUT2D eigenvalue weighted by Gasteiger charge is -2.39. The van der Waals surface area contributed by atoms with Gasteiger partial charge in [-0.15, -0.1) is 0 Å². The van der Waals surface area contributed by atoms with Gasteiger partial charge in [0.2, 0.25) is 5.88 Å². The van der Waals surface area contributed by atoms with Crippen molar-refractivity contribution in [2.24, 2.45) is 0 Å². The first-order valence-electron chi connectivity index (χ1n) is 6.19. The van der Waals surface area contributed by atoms with Crippen molar-refractivity contribution in [3.63, 3.8) is 0 Å². The van der Waals surface area contributed by atoms with E-state index < -0.39 is 0 Å². The zero-order valence-corrected chi connectivity index (χ0v) is 10.7. The number of methoxy groups -OCH3 is 2. The third-order valence-corrected chi connectivity index (χ3v) is 3.77. The smallest absolute Gasteiger partial charge is 0.215 e. The van der Waals surface area contributed by atoms with Gasteiger partial charge >= 0.3 is 0 Å². The summed E-state index contributed by atoms with van der Waals surface area (Å²) in [5.41, 5.74) is 1.63. The molecule has 1 saturated carbocycles. The molecular weight excluding hydrogens is 230 g/mol. The second-order valence-electron chi connectivity index (χ2n) is 4.83. The van der Waals surface area contributed by atoms with Gasteiger partial charge in [-0.2, -0.15) is 4.98 Å². The molecule has 0 aromatic carbocycles. The van der Waals surface area contributed by atoms with E-state index >= 15 is 0 Å². The number of nitrogens with zero attached hydrogens (tertiary/aromatic N) is 2. The lowest BCUT2D eigenvalue weighted by Crippen LogP contribution is -2.41. The zero-order chi connectivity index (χ0) is 12.6. The highest BCUT2D eigenvalue weighted by Gasteiger charge is 2.37. The molecule has 2 aromatic rings. The molecular formula is C13H17N3O2. The van der Waals surface area contributed by atoms with E-state index in [2.05, 4.69) is 15.0 Å². The van der Waals surface area contributed by atoms with Crippen LogP contribution in [0.5, 0.6) is 5.88 Å². The van der Waals surface area contributed by atoms with Crippen LogP contribution in [-0.4, -0.2) is 34.8 Å². The lowest BCUT2D eigenvalue weighted by molar-refractivity contribution is -0.0719. The van der Waals surface area contributed by atoms with E-state index in [-0.39, 0.29) is 5.60 Å². The summed E-state index contributed by atoms with van der Waals surface area (Å²) in [4.78, 5) is 12.1. The normalized spacial score (nSPS) is 17.7. The molecule has 2 heterocycles. The number of fused-ring (bicyclic) bond motifs is 1. The van der Waals surface area contributed by atoms with Gasteiger partial charge < -0.3 is 14.5 Å². The van der Waals surface area contributed by atoms with Crippen molar-refractivity contribution in [1.29, 1.82) is 0 Å². The number of pyridine rings is 1. The van der Waals surface area contributed by atoms with Gasteiger partial charge in [-0.1, -0.05) is 0 Å². The molecule has 1 aliphatic carbocycles. The number of aromatic nitrogens is 3. The highest BCUT2D eigenvalue weighted by atomic mass is 16.5. The molecule has 2 aromatic heterocycles. The van der Waals surface area contributed by atoms with E-state index in [0.29, 0.717) is 11.5 Å². The highest BCUT2D eigenvalue weighted by molar-refractivity contribution is 5.71. The molecule has 0 atom stereocenters. The Balaban J connectivity index is 1.88. The van der Waals surface area contributed by atoms with Crippen molar-refractivity contribution in [3.05, 3.63) is 18.0 Å². The average molecular weight is 247 g/mol. The molecule has 0 spiro atoms. The molecule has 5 heteroatoms. The number of H-pyrrole nitrogens is 1. The Kier molecular flexibility index (Phi) is 2.70. The summed E-state index contributed by atoms with van der Waals surface area (Å²) in [6.45, 7) is 0. The first-order valence-corrected chi connectivity index (χ1v) is 6.19. The molecule has 96 valence electrons. The van der Waals surface area contributed by atoms with Crippen molar-refractivity contribution >= 4 is 11.2 Å². The largest absolute Gasteiger partial charge is 0.481 e. The number of rotatable bonds is 4. The molecule has 1 aliphatic rings. The van der Waals surface area contributed by atoms with Crippen LogP contribution in [0, 0.1) is 0 Å². The maximum absolute atomic E-state index is 5.61. The van der Waals surface area contributed by atoms with Crippen molar-refractivity contribution in [3.8, 4) is 5.88 Å². The maximum Gasteiger partial charge on any atom is 0.215 e. The van der Waals surface area contributed by atoms with Gasteiger partial charge in [0.15, 0.2) is 5.65 Å². The predicted molar refractivity (Wildman–Crippen MR) is 67.7 cm³/mol. The predicted octanol–water partition coefficient (Wildman–Crippen LogP) is 2.08. The fraction of sp³-hybridized carbons (Fsp3) is 0.538. The molecule has 1 fully saturated rings. The van der Waals surface area contributed by atoms with Crippen LogP contribution >= 0.6 is 0 Å². The Labute approximate surface area is 106 Å². The van der Waals surface area contributed by atoms with Gasteiger partial charge in [-0.3, -0.25) is 0 Å². The van der Waals surface area contributed by atoms with Gasteiger partial charge in [0.25, 0.3) is 0 Å². The fourth-order valence-corrected chi connectivity index (χ4v) is 2.45. The Morgan fingerprint density at radius 3 is 2.72 bits per heavy atom. The van der Waals surface area contributed by atoms with Crippen molar-refractivity contribution < 1.29 is 9.47 Å². The summed E-state index contributed by atoms with van der Waals surface area (Å²) in [6, 6.07) is 3.78. The molecule has 0 aliphatic heterocycles. The van der Waals surface area contributed by atoms with Crippen LogP contribution < -0.4 is 4.74 Å². The van der Waals surface area contributed by atoms with Crippen molar-refractivity contribution in [2.75, 3.05) is 14.2 Å². The topological polar surface area (TPSA) is 60.0 Å². The second-order valence-corrected chi connectivity index (χ2v) is 4.83. The van der Waals surface area contributed by atoms with E-state index in [9.17, 15) is 0 Å². The summed E-state index contributed by atoms with van der Waals surface area (Å²) in [7, 11) is 3.39. The number of hydrogen-bond acceptors (Lipinski definition) is 4. The molecule has 18 heavy (non-hydrogen) atoms. The second kappa shape index (κ2) is 4.24. The van der Waals surface area contributed by atoms with Gasteiger partial charge in [0.1, 0.15) is 5.82 Å². The number of aromatic amines is 1. The van der Waals surface area contributed by atoms with Gasteiger partial charge in [0.05, 0.1) is 18.2 Å². The Bertz CT molecular complexity index is 555. The van der Waals surface area contributed by atoms with Gasteiger partial charge in [0, 0.05) is 19.6 Å². The van der Waals surface area contributed by atoms with Crippen LogP contribution in [0.1, 0.15) is 25.1 Å². The zero-order valence-electron chi connectivity index (χ0n) is 10.7. The number of nitrogens with one attached hydrogen (secondary N) is 1. The van der Waals surface area contributed by atoms with Crippen molar-refractivity contribution in [2.45, 2.75) is 31.3 Å². The Hall–Kier alpha value is -1.62. The standard InChI is InChI=1S/C13H17N3O2/c1-17-11-5-4-9-12(16-11)15-10(14-9)8-13(18-2)6-3-7-13/h4-5H,3,6-8H2,1-2H3,(H,14,15,16). The summed E-state index contributed by atoms with van der Waals surface area (Å²) >= 11 is 0. The number of hydrogen-bond donors (Lipinski definition) is 1. The first-order chi connectivity index (χ1) is 8.74. The molecule has 3 rings (SSSR count). The lowest BCUT2D eigenvalue weighted by atomic mass is 9.77. The third kappa shape index (κ3) is 1.84.